The van der Waals surface area contributed by atoms with Crippen LogP contribution >= 0.6 is 11.8 Å². The molecular weight excluding hydrogens is 524 g/mol. The van der Waals surface area contributed by atoms with Crippen LogP contribution in [0, 0.1) is 34.5 Å². The zero-order valence-corrected chi connectivity index (χ0v) is 23.1. The molecule has 0 aliphatic heterocycles. The van der Waals surface area contributed by atoms with E-state index in [-0.39, 0.29) is 23.2 Å². The first-order chi connectivity index (χ1) is 18.5. The summed E-state index contributed by atoms with van der Waals surface area (Å²) in [6.45, 7) is 5.46. The van der Waals surface area contributed by atoms with Crippen molar-refractivity contribution < 1.29 is 28.2 Å². The van der Waals surface area contributed by atoms with E-state index < -0.39 is 40.2 Å². The van der Waals surface area contributed by atoms with Gasteiger partial charge in [-0.2, -0.15) is 9.49 Å². The van der Waals surface area contributed by atoms with Crippen LogP contribution < -0.4 is 0 Å². The van der Waals surface area contributed by atoms with Gasteiger partial charge in [0.25, 0.3) is 0 Å². The minimum Gasteiger partial charge on any atom is -0.450 e. The predicted octanol–water partition coefficient (Wildman–Crippen LogP) is 5.05. The summed E-state index contributed by atoms with van der Waals surface area (Å²) in [4.78, 5) is 29.3. The lowest BCUT2D eigenvalue weighted by Crippen LogP contribution is -2.62. The Morgan fingerprint density at radius 2 is 2.05 bits per heavy atom. The van der Waals surface area contributed by atoms with Crippen molar-refractivity contribution >= 4 is 28.9 Å². The standard InChI is InChI=1S/C29H33F2N3O4S/c1-16(35)38-29(26(37)39-15-30)9-8-21-20-6-4-18-10-22-17(13-33-34(22)19-5-7-24(31)32-14-19)11-27(18,2)25(20)23(36)12-28(21,29)3/h5,7,10,13-14,20-21,23,25,36H,4,6,8-9,11-12,15H2,1-3H3/t20-,21-,23?,25+,27-,28-,29-/m0/s1. The number of ether oxygens (including phenoxy) is 1. The van der Waals surface area contributed by atoms with E-state index >= 15 is 0 Å². The number of hydrogen-bond acceptors (Lipinski definition) is 7. The first kappa shape index (κ1) is 26.6. The molecule has 10 heteroatoms. The summed E-state index contributed by atoms with van der Waals surface area (Å²) >= 11 is 0.557. The van der Waals surface area contributed by atoms with Crippen molar-refractivity contribution in [3.63, 3.8) is 0 Å². The van der Waals surface area contributed by atoms with E-state index in [1.807, 2.05) is 13.1 Å². The van der Waals surface area contributed by atoms with Gasteiger partial charge in [0.15, 0.2) is 5.60 Å². The molecule has 0 aromatic carbocycles. The smallest absolute Gasteiger partial charge is 0.303 e. The minimum absolute atomic E-state index is 0.0448. The van der Waals surface area contributed by atoms with Crippen molar-refractivity contribution in [3.8, 4) is 5.69 Å². The molecular formula is C29H33F2N3O4S. The van der Waals surface area contributed by atoms with Gasteiger partial charge < -0.3 is 9.84 Å². The van der Waals surface area contributed by atoms with Crippen LogP contribution in [0.5, 0.6) is 0 Å². The average molecular weight is 558 g/mol. The molecule has 7 nitrogen and oxygen atoms in total. The summed E-state index contributed by atoms with van der Waals surface area (Å²) in [6, 6.07) is 2.09. The van der Waals surface area contributed by atoms with Crippen LogP contribution in [0.1, 0.15) is 64.1 Å². The largest absolute Gasteiger partial charge is 0.450 e. The number of rotatable bonds is 4. The fourth-order valence-corrected chi connectivity index (χ4v) is 9.54. The van der Waals surface area contributed by atoms with Gasteiger partial charge in [0.2, 0.25) is 11.1 Å². The molecule has 3 saturated carbocycles. The first-order valence-electron chi connectivity index (χ1n) is 13.5. The monoisotopic (exact) mass is 557 g/mol. The molecule has 0 saturated heterocycles. The highest BCUT2D eigenvalue weighted by Crippen LogP contribution is 2.68. The molecule has 39 heavy (non-hydrogen) atoms. The number of hydrogen-bond donors (Lipinski definition) is 1. The van der Waals surface area contributed by atoms with Gasteiger partial charge in [0.1, 0.15) is 6.01 Å². The molecule has 2 aromatic heterocycles. The molecule has 3 fully saturated rings. The third-order valence-corrected chi connectivity index (χ3v) is 11.0. The normalized spacial score (nSPS) is 36.7. The van der Waals surface area contributed by atoms with Gasteiger partial charge in [-0.25, -0.2) is 14.1 Å². The lowest BCUT2D eigenvalue weighted by Gasteiger charge is -2.60. The zero-order valence-electron chi connectivity index (χ0n) is 22.3. The topological polar surface area (TPSA) is 94.3 Å². The van der Waals surface area contributed by atoms with Crippen molar-refractivity contribution in [2.75, 3.05) is 6.01 Å². The molecule has 7 atom stereocenters. The predicted molar refractivity (Wildman–Crippen MR) is 142 cm³/mol. The second-order valence-electron chi connectivity index (χ2n) is 12.1. The number of allylic oxidation sites excluding steroid dienone is 1. The van der Waals surface area contributed by atoms with E-state index in [0.717, 1.165) is 24.1 Å². The lowest BCUT2D eigenvalue weighted by molar-refractivity contribution is -0.195. The van der Waals surface area contributed by atoms with Crippen LogP contribution in [-0.4, -0.2) is 48.7 Å². The number of halogens is 2. The molecule has 1 unspecified atom stereocenters. The summed E-state index contributed by atoms with van der Waals surface area (Å²) in [7, 11) is 0. The molecule has 0 spiro atoms. The molecule has 0 bridgehead atoms. The van der Waals surface area contributed by atoms with Crippen molar-refractivity contribution in [2.45, 2.75) is 71.0 Å². The van der Waals surface area contributed by atoms with Gasteiger partial charge in [-0.15, -0.1) is 0 Å². The van der Waals surface area contributed by atoms with Gasteiger partial charge in [-0.05, 0) is 97.2 Å². The number of carbonyl (C=O) groups is 2. The summed E-state index contributed by atoms with van der Waals surface area (Å²) in [5, 5.41) is 16.0. The van der Waals surface area contributed by atoms with Crippen LogP contribution in [0.2, 0.25) is 0 Å². The third kappa shape index (κ3) is 3.77. The minimum atomic E-state index is -1.44. The third-order valence-electron chi connectivity index (χ3n) is 10.3. The van der Waals surface area contributed by atoms with Crippen molar-refractivity contribution in [3.05, 3.63) is 47.3 Å². The number of pyridine rings is 1. The number of carbonyl (C=O) groups excluding carboxylic acids is 2. The SMILES string of the molecule is CC(=O)O[C@]1(C(=O)SCF)CC[C@H]2[C@@H]3CCC4=Cc5c(cnn5-c5ccc(F)nc5)C[C@]4(C)[C@H]3C(O)C[C@@]21C. The van der Waals surface area contributed by atoms with Gasteiger partial charge in [0.05, 0.1) is 29.9 Å². The molecule has 208 valence electrons. The van der Waals surface area contributed by atoms with E-state index in [9.17, 15) is 23.5 Å². The summed E-state index contributed by atoms with van der Waals surface area (Å²) in [5.41, 5.74) is 1.42. The highest BCUT2D eigenvalue weighted by atomic mass is 32.2. The maximum atomic E-state index is 13.4. The Labute approximate surface area is 230 Å². The zero-order chi connectivity index (χ0) is 27.7. The number of fused-ring (bicyclic) bond motifs is 6. The highest BCUT2D eigenvalue weighted by molar-refractivity contribution is 8.13. The molecule has 6 rings (SSSR count). The van der Waals surface area contributed by atoms with Gasteiger partial charge >= 0.3 is 5.97 Å². The molecule has 1 N–H and O–H groups in total. The number of thioether (sulfide) groups is 1. The quantitative estimate of drug-likeness (QED) is 0.415. The lowest BCUT2D eigenvalue weighted by atomic mass is 9.45. The van der Waals surface area contributed by atoms with Crippen molar-refractivity contribution in [2.24, 2.45) is 28.6 Å². The van der Waals surface area contributed by atoms with Crippen molar-refractivity contribution in [1.29, 1.82) is 0 Å². The molecule has 4 aliphatic rings. The molecule has 0 amide bonds. The molecule has 0 radical (unpaired) electrons. The fourth-order valence-electron chi connectivity index (χ4n) is 8.83. The first-order valence-corrected chi connectivity index (χ1v) is 14.5. The van der Waals surface area contributed by atoms with E-state index in [1.54, 1.807) is 10.7 Å². The van der Waals surface area contributed by atoms with E-state index in [0.29, 0.717) is 43.1 Å². The molecule has 2 aromatic rings. The molecule has 4 aliphatic carbocycles. The Morgan fingerprint density at radius 3 is 2.74 bits per heavy atom. The molecule has 2 heterocycles. The van der Waals surface area contributed by atoms with E-state index in [4.69, 9.17) is 4.74 Å². The van der Waals surface area contributed by atoms with Gasteiger partial charge in [0, 0.05) is 12.3 Å². The van der Waals surface area contributed by atoms with Crippen molar-refractivity contribution in [1.82, 2.24) is 14.8 Å². The Bertz CT molecular complexity index is 1360. The van der Waals surface area contributed by atoms with Crippen LogP contribution in [-0.2, 0) is 20.7 Å². The maximum absolute atomic E-state index is 13.4. The van der Waals surface area contributed by atoms with Gasteiger partial charge in [-0.3, -0.25) is 9.59 Å². The van der Waals surface area contributed by atoms with E-state index in [1.165, 1.54) is 24.8 Å². The number of alkyl halides is 1. The Kier molecular flexibility index (Phi) is 6.30. The van der Waals surface area contributed by atoms with Crippen LogP contribution in [0.25, 0.3) is 11.8 Å². The summed E-state index contributed by atoms with van der Waals surface area (Å²) in [6.07, 6.45) is 8.47. The Balaban J connectivity index is 1.36. The fraction of sp³-hybridized carbons (Fsp3) is 0.586. The maximum Gasteiger partial charge on any atom is 0.303 e. The number of nitrogens with zero attached hydrogens (tertiary/aromatic N) is 3. The van der Waals surface area contributed by atoms with E-state index in [2.05, 4.69) is 23.1 Å². The second kappa shape index (κ2) is 9.23. The number of aliphatic hydroxyl groups excluding tert-OH is 1. The number of aromatic nitrogens is 3. The second-order valence-corrected chi connectivity index (χ2v) is 13.0. The average Bonchev–Trinajstić information content (AvgIpc) is 3.40. The summed E-state index contributed by atoms with van der Waals surface area (Å²) in [5.74, 6) is -0.967. The van der Waals surface area contributed by atoms with Crippen LogP contribution in [0.4, 0.5) is 8.78 Å². The van der Waals surface area contributed by atoms with Crippen LogP contribution in [0.15, 0.2) is 30.1 Å². The number of esters is 1. The Morgan fingerprint density at radius 1 is 1.26 bits per heavy atom. The Hall–Kier alpha value is -2.59. The number of aliphatic hydroxyl groups is 1. The van der Waals surface area contributed by atoms with Gasteiger partial charge in [-0.1, -0.05) is 19.4 Å². The highest BCUT2D eigenvalue weighted by Gasteiger charge is 2.70. The summed E-state index contributed by atoms with van der Waals surface area (Å²) < 4.78 is 34.3. The van der Waals surface area contributed by atoms with Crippen LogP contribution in [0.3, 0.4) is 0 Å².